The zero-order chi connectivity index (χ0) is 25.2. The van der Waals surface area contributed by atoms with Crippen LogP contribution < -0.4 is 4.74 Å². The smallest absolute Gasteiger partial charge is 0.417 e. The second-order valence-electron chi connectivity index (χ2n) is 8.53. The minimum absolute atomic E-state index is 0.128. The summed E-state index contributed by atoms with van der Waals surface area (Å²) in [6.45, 7) is 4.07. The minimum atomic E-state index is -4.71. The molecule has 1 aliphatic heterocycles. The Bertz CT molecular complexity index is 1210. The van der Waals surface area contributed by atoms with Crippen molar-refractivity contribution in [1.82, 2.24) is 24.8 Å². The molecule has 0 saturated carbocycles. The number of carbonyl (C=O) groups excluding carboxylic acids is 1. The number of pyridine rings is 2. The standard InChI is InChI=1S/C24H23F4N5O2/c1-14-4-6-17(13-35-22-19(25)10-16(11-31-22)24(26,27)28)33(12-14)23(34)20-18(7-5-15(2)32-20)21-29-8-3-9-30-21/h3,5,7-11,14,17H,4,6,12-13H2,1-2H3/t14-,17-/m0/s1. The molecule has 0 unspecified atom stereocenters. The highest BCUT2D eigenvalue weighted by atomic mass is 19.4. The van der Waals surface area contributed by atoms with Gasteiger partial charge in [0.25, 0.3) is 5.91 Å². The third kappa shape index (κ3) is 5.55. The number of hydrogen-bond acceptors (Lipinski definition) is 6. The van der Waals surface area contributed by atoms with E-state index >= 15 is 0 Å². The topological polar surface area (TPSA) is 81.1 Å². The lowest BCUT2D eigenvalue weighted by Gasteiger charge is -2.38. The van der Waals surface area contributed by atoms with Crippen molar-refractivity contribution in [2.45, 2.75) is 38.9 Å². The molecule has 0 radical (unpaired) electrons. The van der Waals surface area contributed by atoms with E-state index in [0.717, 1.165) is 6.42 Å². The van der Waals surface area contributed by atoms with E-state index in [-0.39, 0.29) is 24.1 Å². The van der Waals surface area contributed by atoms with Gasteiger partial charge in [0.05, 0.1) is 17.2 Å². The van der Waals surface area contributed by atoms with Gasteiger partial charge in [-0.3, -0.25) is 4.79 Å². The van der Waals surface area contributed by atoms with E-state index in [4.69, 9.17) is 4.74 Å². The number of rotatable bonds is 5. The summed E-state index contributed by atoms with van der Waals surface area (Å²) in [5.41, 5.74) is 0.109. The van der Waals surface area contributed by atoms with Crippen LogP contribution in [-0.2, 0) is 6.18 Å². The summed E-state index contributed by atoms with van der Waals surface area (Å²) in [5.74, 6) is -1.55. The first kappa shape index (κ1) is 24.5. The van der Waals surface area contributed by atoms with Gasteiger partial charge in [-0.25, -0.2) is 24.3 Å². The maximum absolute atomic E-state index is 14.2. The summed E-state index contributed by atoms with van der Waals surface area (Å²) in [6, 6.07) is 5.07. The van der Waals surface area contributed by atoms with Crippen LogP contribution in [-0.4, -0.2) is 49.9 Å². The summed E-state index contributed by atoms with van der Waals surface area (Å²) in [6.07, 6.45) is 0.321. The number of amides is 1. The van der Waals surface area contributed by atoms with Crippen molar-refractivity contribution in [1.29, 1.82) is 0 Å². The first-order chi connectivity index (χ1) is 16.6. The van der Waals surface area contributed by atoms with Gasteiger partial charge < -0.3 is 9.64 Å². The number of nitrogens with zero attached hydrogens (tertiary/aromatic N) is 5. The van der Waals surface area contributed by atoms with Crippen molar-refractivity contribution >= 4 is 5.91 Å². The molecule has 0 bridgehead atoms. The molecule has 0 N–H and O–H groups in total. The number of likely N-dealkylation sites (tertiary alicyclic amines) is 1. The van der Waals surface area contributed by atoms with Crippen molar-refractivity contribution in [2.75, 3.05) is 13.2 Å². The van der Waals surface area contributed by atoms with E-state index in [1.165, 1.54) is 0 Å². The zero-order valence-electron chi connectivity index (χ0n) is 19.1. The monoisotopic (exact) mass is 489 g/mol. The second-order valence-corrected chi connectivity index (χ2v) is 8.53. The predicted octanol–water partition coefficient (Wildman–Crippen LogP) is 4.72. The van der Waals surface area contributed by atoms with Crippen molar-refractivity contribution < 1.29 is 27.1 Å². The summed E-state index contributed by atoms with van der Waals surface area (Å²) in [5, 5.41) is 0. The van der Waals surface area contributed by atoms with Gasteiger partial charge in [0.15, 0.2) is 11.6 Å². The molecule has 1 fully saturated rings. The Morgan fingerprint density at radius 2 is 1.91 bits per heavy atom. The molecule has 4 rings (SSSR count). The highest BCUT2D eigenvalue weighted by molar-refractivity contribution is 5.98. The van der Waals surface area contributed by atoms with Crippen LogP contribution in [0.25, 0.3) is 11.4 Å². The van der Waals surface area contributed by atoms with Gasteiger partial charge in [-0.1, -0.05) is 6.92 Å². The Labute approximate surface area is 199 Å². The molecule has 4 heterocycles. The number of ether oxygens (including phenoxy) is 1. The van der Waals surface area contributed by atoms with Crippen LogP contribution in [0.4, 0.5) is 17.6 Å². The van der Waals surface area contributed by atoms with Crippen LogP contribution in [0.5, 0.6) is 5.88 Å². The highest BCUT2D eigenvalue weighted by Gasteiger charge is 2.35. The van der Waals surface area contributed by atoms with E-state index < -0.39 is 29.5 Å². The molecule has 1 saturated heterocycles. The number of hydrogen-bond donors (Lipinski definition) is 0. The van der Waals surface area contributed by atoms with Crippen LogP contribution in [0.1, 0.15) is 41.5 Å². The Balaban J connectivity index is 1.58. The minimum Gasteiger partial charge on any atom is -0.473 e. The SMILES string of the molecule is Cc1ccc(-c2ncccn2)c(C(=O)N2C[C@@H](C)CC[C@H]2COc2ncc(C(F)(F)F)cc2F)n1. The second kappa shape index (κ2) is 9.93. The maximum atomic E-state index is 14.2. The van der Waals surface area contributed by atoms with Gasteiger partial charge in [0.2, 0.25) is 5.88 Å². The summed E-state index contributed by atoms with van der Waals surface area (Å²) < 4.78 is 58.0. The van der Waals surface area contributed by atoms with Crippen LogP contribution in [0.3, 0.4) is 0 Å². The fourth-order valence-electron chi connectivity index (χ4n) is 3.97. The van der Waals surface area contributed by atoms with Gasteiger partial charge in [0.1, 0.15) is 12.3 Å². The van der Waals surface area contributed by atoms with E-state index in [1.807, 2.05) is 6.92 Å². The predicted molar refractivity (Wildman–Crippen MR) is 118 cm³/mol. The number of aryl methyl sites for hydroxylation is 1. The third-order valence-corrected chi connectivity index (χ3v) is 5.79. The third-order valence-electron chi connectivity index (χ3n) is 5.79. The Kier molecular flexibility index (Phi) is 6.95. The molecule has 1 amide bonds. The number of alkyl halides is 3. The first-order valence-corrected chi connectivity index (χ1v) is 11.0. The Hall–Kier alpha value is -3.63. The summed E-state index contributed by atoms with van der Waals surface area (Å²) >= 11 is 0. The number of halogens is 4. The zero-order valence-corrected chi connectivity index (χ0v) is 19.1. The lowest BCUT2D eigenvalue weighted by molar-refractivity contribution is -0.138. The molecule has 35 heavy (non-hydrogen) atoms. The summed E-state index contributed by atoms with van der Waals surface area (Å²) in [7, 11) is 0. The molecular formula is C24H23F4N5O2. The lowest BCUT2D eigenvalue weighted by atomic mass is 9.93. The normalized spacial score (nSPS) is 18.4. The fourth-order valence-corrected chi connectivity index (χ4v) is 3.97. The highest BCUT2D eigenvalue weighted by Crippen LogP contribution is 2.31. The van der Waals surface area contributed by atoms with Gasteiger partial charge >= 0.3 is 6.18 Å². The molecule has 11 heteroatoms. The lowest BCUT2D eigenvalue weighted by Crippen LogP contribution is -2.49. The van der Waals surface area contributed by atoms with Crippen molar-refractivity contribution in [2.24, 2.45) is 5.92 Å². The van der Waals surface area contributed by atoms with E-state index in [9.17, 15) is 22.4 Å². The molecule has 3 aromatic heterocycles. The molecule has 3 aromatic rings. The van der Waals surface area contributed by atoms with Gasteiger partial charge in [-0.05, 0) is 49.9 Å². The molecule has 7 nitrogen and oxygen atoms in total. The van der Waals surface area contributed by atoms with E-state index in [1.54, 1.807) is 42.4 Å². The van der Waals surface area contributed by atoms with Crippen LogP contribution in [0.15, 0.2) is 42.9 Å². The molecule has 0 aliphatic carbocycles. The molecule has 0 spiro atoms. The van der Waals surface area contributed by atoms with E-state index in [0.29, 0.717) is 42.3 Å². The first-order valence-electron chi connectivity index (χ1n) is 11.0. The van der Waals surface area contributed by atoms with Crippen molar-refractivity contribution in [3.8, 4) is 17.3 Å². The largest absolute Gasteiger partial charge is 0.473 e. The molecule has 2 atom stereocenters. The molecule has 1 aliphatic rings. The quantitative estimate of drug-likeness (QED) is 0.483. The average Bonchev–Trinajstić information content (AvgIpc) is 2.83. The number of aromatic nitrogens is 4. The molecular weight excluding hydrogens is 466 g/mol. The van der Waals surface area contributed by atoms with Crippen LogP contribution >= 0.6 is 0 Å². The Morgan fingerprint density at radius 3 is 2.60 bits per heavy atom. The van der Waals surface area contributed by atoms with Crippen molar-refractivity contribution in [3.05, 3.63) is 65.6 Å². The van der Waals surface area contributed by atoms with Crippen LogP contribution in [0.2, 0.25) is 0 Å². The molecule has 184 valence electrons. The summed E-state index contributed by atoms with van der Waals surface area (Å²) in [4.78, 5) is 31.7. The Morgan fingerprint density at radius 1 is 1.17 bits per heavy atom. The van der Waals surface area contributed by atoms with Crippen molar-refractivity contribution in [3.63, 3.8) is 0 Å². The average molecular weight is 489 g/mol. The number of piperidine rings is 1. The van der Waals surface area contributed by atoms with Gasteiger partial charge in [-0.15, -0.1) is 0 Å². The fraction of sp³-hybridized carbons (Fsp3) is 0.375. The van der Waals surface area contributed by atoms with E-state index in [2.05, 4.69) is 19.9 Å². The molecule has 0 aromatic carbocycles. The van der Waals surface area contributed by atoms with Gasteiger partial charge in [-0.2, -0.15) is 13.2 Å². The maximum Gasteiger partial charge on any atom is 0.417 e. The number of carbonyl (C=O) groups is 1. The van der Waals surface area contributed by atoms with Crippen LogP contribution in [0, 0.1) is 18.7 Å². The van der Waals surface area contributed by atoms with Gasteiger partial charge in [0, 0.05) is 30.8 Å².